The molecule has 2 rings (SSSR count). The second-order valence-corrected chi connectivity index (χ2v) is 3.29. The minimum Gasteiger partial charge on any atom is -0.393 e. The summed E-state index contributed by atoms with van der Waals surface area (Å²) in [6.45, 7) is 0.627. The molecule has 1 fully saturated rings. The van der Waals surface area contributed by atoms with Gasteiger partial charge in [0, 0.05) is 19.2 Å². The second kappa shape index (κ2) is 3.85. The molecule has 1 N–H and O–H groups in total. The fraction of sp³-hybridized carbons (Fsp3) is 0.500. The molecule has 3 nitrogen and oxygen atoms in total. The van der Waals surface area contributed by atoms with Crippen LogP contribution in [0.1, 0.15) is 24.6 Å². The number of aromatic nitrogens is 1. The summed E-state index contributed by atoms with van der Waals surface area (Å²) < 4.78 is 5.51. The summed E-state index contributed by atoms with van der Waals surface area (Å²) >= 11 is 0. The number of hydrogen-bond donors (Lipinski definition) is 1. The maximum absolute atomic E-state index is 9.43. The van der Waals surface area contributed by atoms with Gasteiger partial charge in [0.05, 0.1) is 11.8 Å². The molecule has 13 heavy (non-hydrogen) atoms. The molecule has 3 heteroatoms. The van der Waals surface area contributed by atoms with Crippen LogP contribution in [-0.2, 0) is 4.74 Å². The van der Waals surface area contributed by atoms with Crippen LogP contribution in [0.2, 0.25) is 0 Å². The van der Waals surface area contributed by atoms with Gasteiger partial charge < -0.3 is 9.84 Å². The highest BCUT2D eigenvalue weighted by Crippen LogP contribution is 2.26. The molecule has 0 aliphatic carbocycles. The topological polar surface area (TPSA) is 42.4 Å². The van der Waals surface area contributed by atoms with Crippen LogP contribution in [-0.4, -0.2) is 22.8 Å². The molecule has 1 saturated heterocycles. The second-order valence-electron chi connectivity index (χ2n) is 3.29. The zero-order chi connectivity index (χ0) is 9.10. The van der Waals surface area contributed by atoms with Crippen molar-refractivity contribution in [3.05, 3.63) is 30.1 Å². The number of hydrogen-bond acceptors (Lipinski definition) is 3. The van der Waals surface area contributed by atoms with E-state index >= 15 is 0 Å². The third kappa shape index (κ3) is 2.05. The molecule has 1 aromatic heterocycles. The minimum atomic E-state index is -0.235. The van der Waals surface area contributed by atoms with Gasteiger partial charge in [-0.1, -0.05) is 6.07 Å². The van der Waals surface area contributed by atoms with E-state index in [1.807, 2.05) is 18.2 Å². The third-order valence-electron chi connectivity index (χ3n) is 2.27. The first-order chi connectivity index (χ1) is 6.36. The lowest BCUT2D eigenvalue weighted by Gasteiger charge is -2.25. The maximum Gasteiger partial charge on any atom is 0.102 e. The van der Waals surface area contributed by atoms with Crippen molar-refractivity contribution in [1.29, 1.82) is 0 Å². The van der Waals surface area contributed by atoms with Crippen LogP contribution >= 0.6 is 0 Å². The largest absolute Gasteiger partial charge is 0.393 e. The van der Waals surface area contributed by atoms with Crippen LogP contribution < -0.4 is 0 Å². The molecule has 0 saturated carbocycles. The van der Waals surface area contributed by atoms with Crippen molar-refractivity contribution in [3.8, 4) is 0 Å². The lowest BCUT2D eigenvalue weighted by Crippen LogP contribution is -2.23. The van der Waals surface area contributed by atoms with E-state index in [1.165, 1.54) is 0 Å². The van der Waals surface area contributed by atoms with E-state index in [-0.39, 0.29) is 12.2 Å². The normalized spacial score (nSPS) is 28.7. The van der Waals surface area contributed by atoms with E-state index in [9.17, 15) is 5.11 Å². The Morgan fingerprint density at radius 1 is 1.46 bits per heavy atom. The van der Waals surface area contributed by atoms with Crippen LogP contribution in [0.5, 0.6) is 0 Å². The Bertz CT molecular complexity index is 263. The molecule has 2 atom stereocenters. The van der Waals surface area contributed by atoms with Gasteiger partial charge in [-0.25, -0.2) is 0 Å². The van der Waals surface area contributed by atoms with Gasteiger partial charge in [-0.15, -0.1) is 0 Å². The summed E-state index contributed by atoms with van der Waals surface area (Å²) in [5, 5.41) is 9.43. The third-order valence-corrected chi connectivity index (χ3v) is 2.27. The van der Waals surface area contributed by atoms with Crippen LogP contribution in [0.25, 0.3) is 0 Å². The lowest BCUT2D eigenvalue weighted by atomic mass is 10.0. The minimum absolute atomic E-state index is 0.0232. The number of ether oxygens (including phenoxy) is 1. The average Bonchev–Trinajstić information content (AvgIpc) is 2.19. The van der Waals surface area contributed by atoms with Crippen LogP contribution in [0, 0.1) is 0 Å². The zero-order valence-corrected chi connectivity index (χ0v) is 7.39. The molecule has 70 valence electrons. The predicted octanol–water partition coefficient (Wildman–Crippen LogP) is 1.29. The first-order valence-electron chi connectivity index (χ1n) is 4.57. The summed E-state index contributed by atoms with van der Waals surface area (Å²) in [5.74, 6) is 0. The quantitative estimate of drug-likeness (QED) is 0.706. The van der Waals surface area contributed by atoms with E-state index in [0.29, 0.717) is 13.0 Å². The Balaban J connectivity index is 2.08. The average molecular weight is 179 g/mol. The van der Waals surface area contributed by atoms with Crippen LogP contribution in [0.4, 0.5) is 0 Å². The molecule has 0 bridgehead atoms. The maximum atomic E-state index is 9.43. The molecule has 0 amide bonds. The molecule has 1 aromatic rings. The first-order valence-corrected chi connectivity index (χ1v) is 4.57. The van der Waals surface area contributed by atoms with Crippen LogP contribution in [0.3, 0.4) is 0 Å². The molecular weight excluding hydrogens is 166 g/mol. The number of aliphatic hydroxyl groups is 1. The van der Waals surface area contributed by atoms with Gasteiger partial charge in [-0.2, -0.15) is 0 Å². The van der Waals surface area contributed by atoms with Gasteiger partial charge in [-0.05, 0) is 18.6 Å². The monoisotopic (exact) mass is 179 g/mol. The van der Waals surface area contributed by atoms with Crippen molar-refractivity contribution in [2.75, 3.05) is 6.61 Å². The molecule has 0 aromatic carbocycles. The van der Waals surface area contributed by atoms with E-state index in [4.69, 9.17) is 4.74 Å². The Morgan fingerprint density at radius 2 is 2.38 bits per heavy atom. The Morgan fingerprint density at radius 3 is 3.08 bits per heavy atom. The molecular formula is C10H13NO2. The summed E-state index contributed by atoms with van der Waals surface area (Å²) in [5.41, 5.74) is 0.918. The van der Waals surface area contributed by atoms with E-state index in [0.717, 1.165) is 12.1 Å². The molecule has 0 spiro atoms. The van der Waals surface area contributed by atoms with Crippen molar-refractivity contribution in [2.45, 2.75) is 25.0 Å². The molecule has 2 unspecified atom stereocenters. The van der Waals surface area contributed by atoms with E-state index in [2.05, 4.69) is 4.98 Å². The summed E-state index contributed by atoms with van der Waals surface area (Å²) in [6, 6.07) is 5.75. The van der Waals surface area contributed by atoms with Crippen LogP contribution in [0.15, 0.2) is 24.4 Å². The van der Waals surface area contributed by atoms with Gasteiger partial charge >= 0.3 is 0 Å². The molecule has 2 heterocycles. The lowest BCUT2D eigenvalue weighted by molar-refractivity contribution is -0.0466. The summed E-state index contributed by atoms with van der Waals surface area (Å²) in [4.78, 5) is 4.20. The fourth-order valence-corrected chi connectivity index (χ4v) is 1.55. The molecule has 1 aliphatic heterocycles. The summed E-state index contributed by atoms with van der Waals surface area (Å²) in [6.07, 6.45) is 2.89. The van der Waals surface area contributed by atoms with Crippen molar-refractivity contribution in [3.63, 3.8) is 0 Å². The van der Waals surface area contributed by atoms with Crippen molar-refractivity contribution >= 4 is 0 Å². The van der Waals surface area contributed by atoms with Gasteiger partial charge in [-0.3, -0.25) is 4.98 Å². The Labute approximate surface area is 77.4 Å². The fourth-order valence-electron chi connectivity index (χ4n) is 1.55. The standard InChI is InChI=1S/C10H13NO2/c12-8-4-6-13-10(7-8)9-3-1-2-5-11-9/h1-3,5,8,10,12H,4,6-7H2. The highest BCUT2D eigenvalue weighted by molar-refractivity contribution is 5.07. The number of nitrogens with zero attached hydrogens (tertiary/aromatic N) is 1. The predicted molar refractivity (Wildman–Crippen MR) is 48.2 cm³/mol. The SMILES string of the molecule is OC1CCOC(c2ccccn2)C1. The van der Waals surface area contributed by atoms with Crippen molar-refractivity contribution < 1.29 is 9.84 Å². The van der Waals surface area contributed by atoms with Gasteiger partial charge in [0.25, 0.3) is 0 Å². The van der Waals surface area contributed by atoms with Gasteiger partial charge in [0.15, 0.2) is 0 Å². The van der Waals surface area contributed by atoms with Crippen molar-refractivity contribution in [1.82, 2.24) is 4.98 Å². The van der Waals surface area contributed by atoms with E-state index in [1.54, 1.807) is 6.20 Å². The summed E-state index contributed by atoms with van der Waals surface area (Å²) in [7, 11) is 0. The Kier molecular flexibility index (Phi) is 2.57. The molecule has 0 radical (unpaired) electrons. The number of aliphatic hydroxyl groups excluding tert-OH is 1. The van der Waals surface area contributed by atoms with Gasteiger partial charge in [0.1, 0.15) is 6.10 Å². The first kappa shape index (κ1) is 8.66. The zero-order valence-electron chi connectivity index (χ0n) is 7.39. The highest BCUT2D eigenvalue weighted by Gasteiger charge is 2.22. The van der Waals surface area contributed by atoms with Gasteiger partial charge in [0.2, 0.25) is 0 Å². The van der Waals surface area contributed by atoms with Crippen molar-refractivity contribution in [2.24, 2.45) is 0 Å². The number of rotatable bonds is 1. The Hall–Kier alpha value is -0.930. The smallest absolute Gasteiger partial charge is 0.102 e. The van der Waals surface area contributed by atoms with E-state index < -0.39 is 0 Å². The highest BCUT2D eigenvalue weighted by atomic mass is 16.5. The molecule has 1 aliphatic rings. The number of pyridine rings is 1.